The van der Waals surface area contributed by atoms with E-state index in [9.17, 15) is 4.79 Å². The minimum atomic E-state index is 0.0382. The van der Waals surface area contributed by atoms with Gasteiger partial charge in [-0.3, -0.25) is 4.79 Å². The first-order valence-corrected chi connectivity index (χ1v) is 6.78. The standard InChI is InChI=1S/C11H8Cl2N2OS/c12-6-3-4-7(13)9-8(6)14-11(17-9)15-10(16)5-1-2-5/h3-5H,1-2H2,(H,14,15,16). The number of anilines is 1. The van der Waals surface area contributed by atoms with Gasteiger partial charge in [-0.2, -0.15) is 0 Å². The van der Waals surface area contributed by atoms with Gasteiger partial charge in [-0.25, -0.2) is 4.98 Å². The lowest BCUT2D eigenvalue weighted by Crippen LogP contribution is -2.12. The number of hydrogen-bond donors (Lipinski definition) is 1. The normalized spacial score (nSPS) is 15.2. The fourth-order valence-corrected chi connectivity index (χ4v) is 2.97. The Balaban J connectivity index is 1.98. The van der Waals surface area contributed by atoms with Crippen LogP contribution in [0, 0.1) is 5.92 Å². The van der Waals surface area contributed by atoms with Crippen molar-refractivity contribution in [2.45, 2.75) is 12.8 Å². The molecule has 2 aromatic rings. The van der Waals surface area contributed by atoms with Crippen molar-refractivity contribution in [1.82, 2.24) is 4.98 Å². The largest absolute Gasteiger partial charge is 0.302 e. The molecule has 6 heteroatoms. The first-order valence-electron chi connectivity index (χ1n) is 5.20. The smallest absolute Gasteiger partial charge is 0.229 e. The van der Waals surface area contributed by atoms with Crippen LogP contribution >= 0.6 is 34.5 Å². The maximum atomic E-state index is 11.6. The molecule has 0 unspecified atom stereocenters. The van der Waals surface area contributed by atoms with E-state index in [4.69, 9.17) is 23.2 Å². The molecular formula is C11H8Cl2N2OS. The zero-order valence-electron chi connectivity index (χ0n) is 8.67. The number of halogens is 2. The highest BCUT2D eigenvalue weighted by atomic mass is 35.5. The maximum Gasteiger partial charge on any atom is 0.229 e. The molecule has 1 heterocycles. The Morgan fingerprint density at radius 1 is 1.35 bits per heavy atom. The summed E-state index contributed by atoms with van der Waals surface area (Å²) in [5, 5.41) is 4.51. The molecule has 88 valence electrons. The summed E-state index contributed by atoms with van der Waals surface area (Å²) in [4.78, 5) is 15.9. The lowest BCUT2D eigenvalue weighted by atomic mass is 10.3. The van der Waals surface area contributed by atoms with Crippen LogP contribution in [0.5, 0.6) is 0 Å². The molecule has 1 fully saturated rings. The zero-order chi connectivity index (χ0) is 12.0. The lowest BCUT2D eigenvalue weighted by Gasteiger charge is -1.96. The van der Waals surface area contributed by atoms with E-state index in [1.54, 1.807) is 12.1 Å². The molecule has 17 heavy (non-hydrogen) atoms. The van der Waals surface area contributed by atoms with Crippen LogP contribution in [0.2, 0.25) is 10.0 Å². The van der Waals surface area contributed by atoms with E-state index in [0.29, 0.717) is 20.7 Å². The number of carbonyl (C=O) groups is 1. The van der Waals surface area contributed by atoms with E-state index in [1.165, 1.54) is 11.3 Å². The molecular weight excluding hydrogens is 279 g/mol. The number of benzene rings is 1. The highest BCUT2D eigenvalue weighted by Gasteiger charge is 2.30. The average molecular weight is 287 g/mol. The molecule has 0 atom stereocenters. The number of rotatable bonds is 2. The van der Waals surface area contributed by atoms with E-state index < -0.39 is 0 Å². The van der Waals surface area contributed by atoms with Gasteiger partial charge in [0.15, 0.2) is 5.13 Å². The van der Waals surface area contributed by atoms with Crippen LogP contribution in [0.1, 0.15) is 12.8 Å². The van der Waals surface area contributed by atoms with Gasteiger partial charge in [-0.05, 0) is 25.0 Å². The highest BCUT2D eigenvalue weighted by Crippen LogP contribution is 2.37. The van der Waals surface area contributed by atoms with Crippen LogP contribution < -0.4 is 5.32 Å². The molecule has 1 aromatic carbocycles. The van der Waals surface area contributed by atoms with Crippen LogP contribution in [0.4, 0.5) is 5.13 Å². The number of nitrogens with one attached hydrogen (secondary N) is 1. The molecule has 1 aliphatic rings. The van der Waals surface area contributed by atoms with Crippen molar-refractivity contribution in [1.29, 1.82) is 0 Å². The molecule has 0 saturated heterocycles. The van der Waals surface area contributed by atoms with Gasteiger partial charge in [0.05, 0.1) is 14.7 Å². The van der Waals surface area contributed by atoms with Gasteiger partial charge >= 0.3 is 0 Å². The van der Waals surface area contributed by atoms with Crippen LogP contribution in [-0.4, -0.2) is 10.9 Å². The number of thiazole rings is 1. The fourth-order valence-electron chi connectivity index (χ4n) is 1.55. The second kappa shape index (κ2) is 4.12. The van der Waals surface area contributed by atoms with Crippen molar-refractivity contribution in [3.63, 3.8) is 0 Å². The Morgan fingerprint density at radius 2 is 2.06 bits per heavy atom. The highest BCUT2D eigenvalue weighted by molar-refractivity contribution is 7.23. The number of hydrogen-bond acceptors (Lipinski definition) is 3. The third-order valence-corrected chi connectivity index (χ3v) is 4.36. The van der Waals surface area contributed by atoms with Gasteiger partial charge in [-0.15, -0.1) is 0 Å². The van der Waals surface area contributed by atoms with Crippen molar-refractivity contribution in [3.05, 3.63) is 22.2 Å². The lowest BCUT2D eigenvalue weighted by molar-refractivity contribution is -0.117. The van der Waals surface area contributed by atoms with Crippen LogP contribution in [-0.2, 0) is 4.79 Å². The van der Waals surface area contributed by atoms with E-state index in [2.05, 4.69) is 10.3 Å². The summed E-state index contributed by atoms with van der Waals surface area (Å²) in [6.07, 6.45) is 1.94. The molecule has 1 aliphatic carbocycles. The Morgan fingerprint density at radius 3 is 2.71 bits per heavy atom. The summed E-state index contributed by atoms with van der Waals surface area (Å²) < 4.78 is 0.810. The van der Waals surface area contributed by atoms with Crippen molar-refractivity contribution >= 4 is 55.8 Å². The summed E-state index contributed by atoms with van der Waals surface area (Å²) in [6, 6.07) is 3.44. The number of nitrogens with zero attached hydrogens (tertiary/aromatic N) is 1. The summed E-state index contributed by atoms with van der Waals surface area (Å²) in [6.45, 7) is 0. The number of amides is 1. The maximum absolute atomic E-state index is 11.6. The Bertz CT molecular complexity index is 568. The Hall–Kier alpha value is -0.840. The first kappa shape index (κ1) is 11.3. The number of carbonyl (C=O) groups excluding carboxylic acids is 1. The predicted octanol–water partition coefficient (Wildman–Crippen LogP) is 3.95. The molecule has 0 spiro atoms. The monoisotopic (exact) mass is 286 g/mol. The second-order valence-electron chi connectivity index (χ2n) is 3.99. The third-order valence-electron chi connectivity index (χ3n) is 2.62. The van der Waals surface area contributed by atoms with Crippen molar-refractivity contribution < 1.29 is 4.79 Å². The van der Waals surface area contributed by atoms with E-state index >= 15 is 0 Å². The van der Waals surface area contributed by atoms with Crippen LogP contribution in [0.15, 0.2) is 12.1 Å². The zero-order valence-corrected chi connectivity index (χ0v) is 11.0. The molecule has 1 saturated carbocycles. The Kier molecular flexibility index (Phi) is 2.73. The van der Waals surface area contributed by atoms with Gasteiger partial charge in [0.1, 0.15) is 5.52 Å². The summed E-state index contributed by atoms with van der Waals surface area (Å²) in [5.41, 5.74) is 0.648. The minimum absolute atomic E-state index is 0.0382. The van der Waals surface area contributed by atoms with Gasteiger partial charge in [-0.1, -0.05) is 34.5 Å². The SMILES string of the molecule is O=C(Nc1nc2c(Cl)ccc(Cl)c2s1)C1CC1. The average Bonchev–Trinajstić information content (AvgIpc) is 3.06. The second-order valence-corrected chi connectivity index (χ2v) is 5.80. The van der Waals surface area contributed by atoms with Crippen molar-refractivity contribution in [3.8, 4) is 0 Å². The number of aromatic nitrogens is 1. The molecule has 0 radical (unpaired) electrons. The predicted molar refractivity (Wildman–Crippen MR) is 71.0 cm³/mol. The van der Waals surface area contributed by atoms with Crippen LogP contribution in [0.25, 0.3) is 10.2 Å². The topological polar surface area (TPSA) is 42.0 Å². The molecule has 1 amide bonds. The van der Waals surface area contributed by atoms with Crippen molar-refractivity contribution in [2.75, 3.05) is 5.32 Å². The summed E-state index contributed by atoms with van der Waals surface area (Å²) in [5.74, 6) is 0.198. The third kappa shape index (κ3) is 2.12. The quantitative estimate of drug-likeness (QED) is 0.908. The molecule has 3 rings (SSSR count). The van der Waals surface area contributed by atoms with E-state index in [-0.39, 0.29) is 11.8 Å². The van der Waals surface area contributed by atoms with Gasteiger partial charge < -0.3 is 5.32 Å². The molecule has 3 nitrogen and oxygen atoms in total. The van der Waals surface area contributed by atoms with Gasteiger partial charge in [0, 0.05) is 5.92 Å². The van der Waals surface area contributed by atoms with Gasteiger partial charge in [0.2, 0.25) is 5.91 Å². The molecule has 0 aliphatic heterocycles. The fraction of sp³-hybridized carbons (Fsp3) is 0.273. The molecule has 1 N–H and O–H groups in total. The van der Waals surface area contributed by atoms with Crippen molar-refractivity contribution in [2.24, 2.45) is 5.92 Å². The summed E-state index contributed by atoms with van der Waals surface area (Å²) >= 11 is 13.4. The van der Waals surface area contributed by atoms with E-state index in [1.807, 2.05) is 0 Å². The van der Waals surface area contributed by atoms with E-state index in [0.717, 1.165) is 17.5 Å². The summed E-state index contributed by atoms with van der Waals surface area (Å²) in [7, 11) is 0. The van der Waals surface area contributed by atoms with Crippen LogP contribution in [0.3, 0.4) is 0 Å². The molecule has 0 bridgehead atoms. The molecule has 1 aromatic heterocycles. The van der Waals surface area contributed by atoms with Gasteiger partial charge in [0.25, 0.3) is 0 Å². The minimum Gasteiger partial charge on any atom is -0.302 e. The Labute approximate surface area is 112 Å². The number of fused-ring (bicyclic) bond motifs is 1. The first-order chi connectivity index (χ1) is 8.15.